The Hall–Kier alpha value is -0.460. The van der Waals surface area contributed by atoms with Crippen LogP contribution in [0.5, 0.6) is 0 Å². The molecule has 0 fully saturated rings. The van der Waals surface area contributed by atoms with E-state index >= 15 is 0 Å². The molecule has 0 aromatic heterocycles. The highest BCUT2D eigenvalue weighted by Gasteiger charge is 2.62. The summed E-state index contributed by atoms with van der Waals surface area (Å²) in [6, 6.07) is 3.69. The lowest BCUT2D eigenvalue weighted by molar-refractivity contribution is -0.275. The number of benzene rings is 1. The van der Waals surface area contributed by atoms with E-state index in [2.05, 4.69) is 25.9 Å². The van der Waals surface area contributed by atoms with E-state index in [0.717, 1.165) is 0 Å². The van der Waals surface area contributed by atoms with Crippen LogP contribution in [-0.2, 0) is 10.4 Å². The maximum atomic E-state index is 13.2. The zero-order valence-corrected chi connectivity index (χ0v) is 11.7. The minimum absolute atomic E-state index is 0.0796. The highest BCUT2D eigenvalue weighted by Crippen LogP contribution is 2.49. The first-order valence-corrected chi connectivity index (χ1v) is 6.23. The van der Waals surface area contributed by atoms with Crippen LogP contribution in [0.15, 0.2) is 23.4 Å². The van der Waals surface area contributed by atoms with Crippen molar-refractivity contribution in [2.45, 2.75) is 18.2 Å². The minimum atomic E-state index is -4.64. The van der Waals surface area contributed by atoms with E-state index in [9.17, 15) is 13.2 Å². The first kappa shape index (κ1) is 14.0. The second-order valence-electron chi connectivity index (χ2n) is 3.72. The summed E-state index contributed by atoms with van der Waals surface area (Å²) in [5.74, 6) is 0. The molecule has 2 rings (SSSR count). The number of oxime groups is 1. The summed E-state index contributed by atoms with van der Waals surface area (Å²) in [6.07, 6.45) is -5.09. The number of halogens is 6. The predicted molar refractivity (Wildman–Crippen MR) is 66.3 cm³/mol. The van der Waals surface area contributed by atoms with Gasteiger partial charge < -0.3 is 4.84 Å². The molecule has 0 saturated carbocycles. The monoisotopic (exact) mass is 361 g/mol. The minimum Gasteiger partial charge on any atom is -0.373 e. The van der Waals surface area contributed by atoms with Gasteiger partial charge >= 0.3 is 6.18 Å². The molecule has 1 aromatic carbocycles. The third kappa shape index (κ3) is 2.33. The molecule has 8 heteroatoms. The lowest BCUT2D eigenvalue weighted by atomic mass is 9.90. The third-order valence-electron chi connectivity index (χ3n) is 2.48. The summed E-state index contributed by atoms with van der Waals surface area (Å²) in [7, 11) is 0. The van der Waals surface area contributed by atoms with E-state index in [1.54, 1.807) is 0 Å². The van der Waals surface area contributed by atoms with Gasteiger partial charge in [0.25, 0.3) is 5.60 Å². The third-order valence-corrected chi connectivity index (χ3v) is 3.34. The first-order chi connectivity index (χ1) is 8.24. The van der Waals surface area contributed by atoms with Crippen LogP contribution in [0, 0.1) is 0 Å². The highest BCUT2D eigenvalue weighted by atomic mass is 79.9. The number of hydrogen-bond donors (Lipinski definition) is 0. The molecular weight excluding hydrogens is 358 g/mol. The largest absolute Gasteiger partial charge is 0.435 e. The van der Waals surface area contributed by atoms with E-state index in [4.69, 9.17) is 23.2 Å². The second-order valence-corrected chi connectivity index (χ2v) is 5.51. The second kappa shape index (κ2) is 4.58. The Morgan fingerprint density at radius 2 is 1.78 bits per heavy atom. The van der Waals surface area contributed by atoms with Crippen LogP contribution >= 0.6 is 39.1 Å². The molecule has 1 heterocycles. The Morgan fingerprint density at radius 3 is 2.17 bits per heavy atom. The highest BCUT2D eigenvalue weighted by molar-refractivity contribution is 9.18. The topological polar surface area (TPSA) is 21.6 Å². The smallest absolute Gasteiger partial charge is 0.373 e. The van der Waals surface area contributed by atoms with Gasteiger partial charge in [-0.15, -0.1) is 0 Å². The van der Waals surface area contributed by atoms with Gasteiger partial charge in [0, 0.05) is 15.6 Å². The van der Waals surface area contributed by atoms with Gasteiger partial charge in [-0.2, -0.15) is 13.2 Å². The molecule has 18 heavy (non-hydrogen) atoms. The fourth-order valence-corrected chi connectivity index (χ4v) is 2.65. The molecule has 1 unspecified atom stereocenters. The van der Waals surface area contributed by atoms with Crippen LogP contribution in [0.2, 0.25) is 10.0 Å². The van der Waals surface area contributed by atoms with Crippen LogP contribution < -0.4 is 0 Å². The summed E-state index contributed by atoms with van der Waals surface area (Å²) < 4.78 is 39.8. The van der Waals surface area contributed by atoms with Crippen molar-refractivity contribution in [3.8, 4) is 0 Å². The fourth-order valence-electron chi connectivity index (χ4n) is 1.65. The molecule has 0 amide bonds. The number of rotatable bonds is 1. The molecule has 98 valence electrons. The van der Waals surface area contributed by atoms with Crippen LogP contribution in [0.1, 0.15) is 12.0 Å². The van der Waals surface area contributed by atoms with Gasteiger partial charge in [-0.25, -0.2) is 0 Å². The molecule has 1 aliphatic heterocycles. The Balaban J connectivity index is 2.55. The van der Waals surface area contributed by atoms with Gasteiger partial charge in [-0.1, -0.05) is 28.4 Å². The van der Waals surface area contributed by atoms with Gasteiger partial charge in [0.15, 0.2) is 0 Å². The van der Waals surface area contributed by atoms with Crippen molar-refractivity contribution in [1.82, 2.24) is 0 Å². The SMILES string of the molecule is FC(F)(F)C1(c2cc(Cl)cc(Cl)c2)CC(Br)=NO1. The van der Waals surface area contributed by atoms with Crippen molar-refractivity contribution in [3.05, 3.63) is 33.8 Å². The molecule has 1 aliphatic rings. The molecule has 0 spiro atoms. The Morgan fingerprint density at radius 1 is 1.22 bits per heavy atom. The average molecular weight is 363 g/mol. The zero-order valence-electron chi connectivity index (χ0n) is 8.56. The Labute approximate surface area is 119 Å². The van der Waals surface area contributed by atoms with Crippen molar-refractivity contribution < 1.29 is 18.0 Å². The van der Waals surface area contributed by atoms with Crippen LogP contribution in [-0.4, -0.2) is 10.8 Å². The summed E-state index contributed by atoms with van der Waals surface area (Å²) >= 11 is 14.3. The molecule has 0 radical (unpaired) electrons. The molecular formula is C10H5BrCl2F3NO. The summed E-state index contributed by atoms with van der Waals surface area (Å²) in [5.41, 5.74) is -2.72. The van der Waals surface area contributed by atoms with E-state index < -0.39 is 18.2 Å². The molecule has 2 nitrogen and oxygen atoms in total. The lowest BCUT2D eigenvalue weighted by Crippen LogP contribution is -2.42. The molecule has 1 aromatic rings. The van der Waals surface area contributed by atoms with Gasteiger partial charge in [0.2, 0.25) is 0 Å². The standard InChI is InChI=1S/C10H5BrCl2F3NO/c11-8-4-9(18-17-8,10(14,15)16)5-1-6(12)3-7(13)2-5/h1-3H,4H2. The molecule has 0 bridgehead atoms. The van der Waals surface area contributed by atoms with Gasteiger partial charge in [0.1, 0.15) is 4.62 Å². The molecule has 1 atom stereocenters. The van der Waals surface area contributed by atoms with Crippen LogP contribution in [0.3, 0.4) is 0 Å². The maximum absolute atomic E-state index is 13.2. The maximum Gasteiger partial charge on any atom is 0.435 e. The average Bonchev–Trinajstić information content (AvgIpc) is 2.59. The zero-order chi connectivity index (χ0) is 13.6. The number of nitrogens with zero attached hydrogens (tertiary/aromatic N) is 1. The van der Waals surface area contributed by atoms with Crippen molar-refractivity contribution >= 4 is 43.8 Å². The fraction of sp³-hybridized carbons (Fsp3) is 0.300. The number of alkyl halides is 3. The van der Waals surface area contributed by atoms with Crippen LogP contribution in [0.25, 0.3) is 0 Å². The summed E-state index contributed by atoms with van der Waals surface area (Å²) in [5, 5.41) is 3.53. The molecule has 0 aliphatic carbocycles. The summed E-state index contributed by atoms with van der Waals surface area (Å²) in [6.45, 7) is 0. The van der Waals surface area contributed by atoms with Crippen molar-refractivity contribution in [2.75, 3.05) is 0 Å². The Kier molecular flexibility index (Phi) is 3.55. The van der Waals surface area contributed by atoms with E-state index in [1.165, 1.54) is 18.2 Å². The first-order valence-electron chi connectivity index (χ1n) is 4.68. The van der Waals surface area contributed by atoms with Crippen LogP contribution in [0.4, 0.5) is 13.2 Å². The normalized spacial score (nSPS) is 23.8. The van der Waals surface area contributed by atoms with Gasteiger partial charge in [-0.3, -0.25) is 0 Å². The summed E-state index contributed by atoms with van der Waals surface area (Å²) in [4.78, 5) is 4.61. The van der Waals surface area contributed by atoms with Crippen molar-refractivity contribution in [1.29, 1.82) is 0 Å². The molecule has 0 N–H and O–H groups in total. The van der Waals surface area contributed by atoms with Gasteiger partial charge in [-0.05, 0) is 34.1 Å². The van der Waals surface area contributed by atoms with E-state index in [1.807, 2.05) is 0 Å². The van der Waals surface area contributed by atoms with E-state index in [-0.39, 0.29) is 20.2 Å². The van der Waals surface area contributed by atoms with E-state index in [0.29, 0.717) is 0 Å². The molecule has 0 saturated heterocycles. The Bertz CT molecular complexity index is 500. The predicted octanol–water partition coefficient (Wildman–Crippen LogP) is 4.88. The van der Waals surface area contributed by atoms with Crippen molar-refractivity contribution in [2.24, 2.45) is 5.16 Å². The quantitative estimate of drug-likeness (QED) is 0.697. The number of hydrogen-bond acceptors (Lipinski definition) is 2. The van der Waals surface area contributed by atoms with Gasteiger partial charge in [0.05, 0.1) is 6.42 Å². The lowest BCUT2D eigenvalue weighted by Gasteiger charge is -2.29. The van der Waals surface area contributed by atoms with Crippen molar-refractivity contribution in [3.63, 3.8) is 0 Å².